The van der Waals surface area contributed by atoms with Gasteiger partial charge in [0.05, 0.1) is 6.10 Å². The van der Waals surface area contributed by atoms with Crippen LogP contribution >= 0.6 is 0 Å². The third kappa shape index (κ3) is 4.77. The van der Waals surface area contributed by atoms with Crippen LogP contribution in [0.5, 0.6) is 0 Å². The first-order valence-corrected chi connectivity index (χ1v) is 5.81. The van der Waals surface area contributed by atoms with Crippen LogP contribution in [0.2, 0.25) is 0 Å². The molecular formula is C12H23NO. The second-order valence-corrected chi connectivity index (χ2v) is 4.03. The Kier molecular flexibility index (Phi) is 5.88. The second-order valence-electron chi connectivity index (χ2n) is 4.03. The van der Waals surface area contributed by atoms with Gasteiger partial charge in [0.15, 0.2) is 0 Å². The van der Waals surface area contributed by atoms with Crippen molar-refractivity contribution in [3.05, 3.63) is 11.6 Å². The first-order chi connectivity index (χ1) is 6.83. The minimum Gasteiger partial charge on any atom is -0.378 e. The number of hydrogen-bond donors (Lipinski definition) is 1. The fourth-order valence-corrected chi connectivity index (χ4v) is 1.85. The van der Waals surface area contributed by atoms with Crippen LogP contribution in [0.4, 0.5) is 0 Å². The van der Waals surface area contributed by atoms with Gasteiger partial charge in [-0.3, -0.25) is 0 Å². The van der Waals surface area contributed by atoms with Gasteiger partial charge in [-0.05, 0) is 45.7 Å². The summed E-state index contributed by atoms with van der Waals surface area (Å²) in [6, 6.07) is 0. The van der Waals surface area contributed by atoms with Crippen LogP contribution in [-0.4, -0.2) is 25.8 Å². The summed E-state index contributed by atoms with van der Waals surface area (Å²) in [4.78, 5) is 0. The van der Waals surface area contributed by atoms with Gasteiger partial charge in [-0.1, -0.05) is 18.6 Å². The van der Waals surface area contributed by atoms with E-state index in [1.165, 1.54) is 18.4 Å². The molecule has 1 atom stereocenters. The molecule has 0 amide bonds. The topological polar surface area (TPSA) is 21.3 Å². The molecule has 0 aromatic carbocycles. The lowest BCUT2D eigenvalue weighted by Crippen LogP contribution is -2.13. The van der Waals surface area contributed by atoms with E-state index in [1.807, 2.05) is 0 Å². The van der Waals surface area contributed by atoms with Crippen molar-refractivity contribution in [2.75, 3.05) is 19.7 Å². The summed E-state index contributed by atoms with van der Waals surface area (Å²) in [5.41, 5.74) is 1.48. The molecule has 1 heterocycles. The normalized spacial score (nSPS) is 23.0. The van der Waals surface area contributed by atoms with Crippen molar-refractivity contribution in [1.82, 2.24) is 5.32 Å². The average Bonchev–Trinajstić information content (AvgIpc) is 2.65. The van der Waals surface area contributed by atoms with Gasteiger partial charge in [0, 0.05) is 6.61 Å². The van der Waals surface area contributed by atoms with E-state index >= 15 is 0 Å². The number of nitrogens with one attached hydrogen (secondary N) is 1. The molecule has 1 N–H and O–H groups in total. The largest absolute Gasteiger partial charge is 0.378 e. The quantitative estimate of drug-likeness (QED) is 0.522. The van der Waals surface area contributed by atoms with Crippen molar-refractivity contribution in [3.8, 4) is 0 Å². The Labute approximate surface area is 87.7 Å². The van der Waals surface area contributed by atoms with E-state index in [2.05, 4.69) is 25.2 Å². The molecule has 0 bridgehead atoms. The number of rotatable bonds is 6. The average molecular weight is 197 g/mol. The maximum Gasteiger partial charge on any atom is 0.0612 e. The van der Waals surface area contributed by atoms with Crippen LogP contribution in [0.25, 0.3) is 0 Å². The van der Waals surface area contributed by atoms with E-state index in [-0.39, 0.29) is 0 Å². The summed E-state index contributed by atoms with van der Waals surface area (Å²) < 4.78 is 5.59. The molecule has 1 rings (SSSR count). The lowest BCUT2D eigenvalue weighted by atomic mass is 10.1. The summed E-state index contributed by atoms with van der Waals surface area (Å²) in [6.07, 6.45) is 7.61. The third-order valence-corrected chi connectivity index (χ3v) is 2.64. The molecule has 0 aliphatic carbocycles. The zero-order valence-electron chi connectivity index (χ0n) is 9.51. The van der Waals surface area contributed by atoms with Crippen LogP contribution < -0.4 is 5.32 Å². The van der Waals surface area contributed by atoms with Gasteiger partial charge in [-0.25, -0.2) is 0 Å². The molecule has 1 saturated heterocycles. The van der Waals surface area contributed by atoms with Gasteiger partial charge in [0.2, 0.25) is 0 Å². The molecule has 2 nitrogen and oxygen atoms in total. The fraction of sp³-hybridized carbons (Fsp3) is 0.833. The van der Waals surface area contributed by atoms with Crippen LogP contribution in [-0.2, 0) is 4.74 Å². The first-order valence-electron chi connectivity index (χ1n) is 5.81. The molecule has 1 unspecified atom stereocenters. The van der Waals surface area contributed by atoms with E-state index in [0.717, 1.165) is 32.5 Å². The SMILES string of the molecule is CCNCCC=C(C)CC1CCCO1. The molecule has 0 spiro atoms. The van der Waals surface area contributed by atoms with E-state index in [9.17, 15) is 0 Å². The monoisotopic (exact) mass is 197 g/mol. The first kappa shape index (κ1) is 11.7. The fourth-order valence-electron chi connectivity index (χ4n) is 1.85. The molecule has 2 heteroatoms. The highest BCUT2D eigenvalue weighted by Gasteiger charge is 2.14. The predicted octanol–water partition coefficient (Wildman–Crippen LogP) is 2.50. The lowest BCUT2D eigenvalue weighted by molar-refractivity contribution is 0.111. The lowest BCUT2D eigenvalue weighted by Gasteiger charge is -2.09. The van der Waals surface area contributed by atoms with Crippen LogP contribution in [0.1, 0.15) is 39.5 Å². The Balaban J connectivity index is 2.09. The van der Waals surface area contributed by atoms with E-state index in [1.54, 1.807) is 0 Å². The summed E-state index contributed by atoms with van der Waals surface area (Å²) >= 11 is 0. The van der Waals surface area contributed by atoms with Gasteiger partial charge >= 0.3 is 0 Å². The molecule has 1 fully saturated rings. The standard InChI is InChI=1S/C12H23NO/c1-3-13-8-4-6-11(2)10-12-7-5-9-14-12/h6,12-13H,3-5,7-10H2,1-2H3. The Morgan fingerprint density at radius 2 is 2.43 bits per heavy atom. The van der Waals surface area contributed by atoms with E-state index < -0.39 is 0 Å². The van der Waals surface area contributed by atoms with Crippen molar-refractivity contribution in [3.63, 3.8) is 0 Å². The van der Waals surface area contributed by atoms with Crippen LogP contribution in [0.15, 0.2) is 11.6 Å². The van der Waals surface area contributed by atoms with Crippen molar-refractivity contribution >= 4 is 0 Å². The van der Waals surface area contributed by atoms with Crippen molar-refractivity contribution < 1.29 is 4.74 Å². The van der Waals surface area contributed by atoms with Crippen LogP contribution in [0, 0.1) is 0 Å². The Bertz CT molecular complexity index is 171. The van der Waals surface area contributed by atoms with Gasteiger partial charge < -0.3 is 10.1 Å². The molecule has 14 heavy (non-hydrogen) atoms. The molecule has 0 radical (unpaired) electrons. The van der Waals surface area contributed by atoms with Crippen molar-refractivity contribution in [2.24, 2.45) is 0 Å². The molecule has 1 aliphatic heterocycles. The molecule has 0 aromatic rings. The van der Waals surface area contributed by atoms with E-state index in [4.69, 9.17) is 4.74 Å². The highest BCUT2D eigenvalue weighted by molar-refractivity contribution is 5.00. The van der Waals surface area contributed by atoms with Crippen molar-refractivity contribution in [2.45, 2.75) is 45.6 Å². The smallest absolute Gasteiger partial charge is 0.0612 e. The molecular weight excluding hydrogens is 174 g/mol. The molecule has 0 aromatic heterocycles. The Morgan fingerprint density at radius 1 is 1.57 bits per heavy atom. The number of ether oxygens (including phenoxy) is 1. The Hall–Kier alpha value is -0.340. The molecule has 82 valence electrons. The summed E-state index contributed by atoms with van der Waals surface area (Å²) in [5.74, 6) is 0. The summed E-state index contributed by atoms with van der Waals surface area (Å²) in [7, 11) is 0. The third-order valence-electron chi connectivity index (χ3n) is 2.64. The predicted molar refractivity (Wildman–Crippen MR) is 60.5 cm³/mol. The van der Waals surface area contributed by atoms with Gasteiger partial charge in [0.25, 0.3) is 0 Å². The van der Waals surface area contributed by atoms with Gasteiger partial charge in [-0.15, -0.1) is 0 Å². The van der Waals surface area contributed by atoms with Gasteiger partial charge in [-0.2, -0.15) is 0 Å². The zero-order valence-corrected chi connectivity index (χ0v) is 9.51. The highest BCUT2D eigenvalue weighted by atomic mass is 16.5. The number of hydrogen-bond acceptors (Lipinski definition) is 2. The highest BCUT2D eigenvalue weighted by Crippen LogP contribution is 2.19. The maximum absolute atomic E-state index is 5.59. The van der Waals surface area contributed by atoms with E-state index in [0.29, 0.717) is 6.10 Å². The molecule has 1 aliphatic rings. The Morgan fingerprint density at radius 3 is 3.07 bits per heavy atom. The molecule has 0 saturated carbocycles. The van der Waals surface area contributed by atoms with Crippen LogP contribution in [0.3, 0.4) is 0 Å². The minimum absolute atomic E-state index is 0.505. The van der Waals surface area contributed by atoms with Gasteiger partial charge in [0.1, 0.15) is 0 Å². The summed E-state index contributed by atoms with van der Waals surface area (Å²) in [5, 5.41) is 3.32. The maximum atomic E-state index is 5.59. The zero-order chi connectivity index (χ0) is 10.2. The second kappa shape index (κ2) is 7.02. The van der Waals surface area contributed by atoms with Crippen molar-refractivity contribution in [1.29, 1.82) is 0 Å². The summed E-state index contributed by atoms with van der Waals surface area (Å²) in [6.45, 7) is 7.49. The minimum atomic E-state index is 0.505.